The van der Waals surface area contributed by atoms with Gasteiger partial charge in [-0.2, -0.15) is 5.10 Å². The van der Waals surface area contributed by atoms with Crippen molar-refractivity contribution in [2.24, 2.45) is 11.8 Å². The molecule has 128 valence electrons. The molecule has 1 aromatic heterocycles. The van der Waals surface area contributed by atoms with E-state index < -0.39 is 0 Å². The van der Waals surface area contributed by atoms with Gasteiger partial charge >= 0.3 is 0 Å². The molecule has 2 amide bonds. The number of carbonyl (C=O) groups excluding carboxylic acids is 2. The van der Waals surface area contributed by atoms with E-state index in [-0.39, 0.29) is 35.9 Å². The lowest BCUT2D eigenvalue weighted by Gasteiger charge is -2.18. The van der Waals surface area contributed by atoms with Crippen molar-refractivity contribution in [3.05, 3.63) is 47.2 Å². The Hall–Kier alpha value is -2.18. The molecule has 6 nitrogen and oxygen atoms in total. The Labute approximate surface area is 149 Å². The standard InChI is InChI=1S/C18H16ClN3O3/c19-11-7-20-21(9-11)8-10-2-1-3-12(6-10)22-17(23)15-13-4-5-14(25-13)16(15)18(22)24/h1-3,6-7,9,13-16H,4-5,8H2/t13-,14-,15+,16+/m1/s1. The van der Waals surface area contributed by atoms with Crippen LogP contribution in [0.4, 0.5) is 5.69 Å². The van der Waals surface area contributed by atoms with Gasteiger partial charge in [-0.1, -0.05) is 23.7 Å². The first-order valence-corrected chi connectivity index (χ1v) is 8.80. The molecule has 25 heavy (non-hydrogen) atoms. The number of hydrogen-bond donors (Lipinski definition) is 0. The van der Waals surface area contributed by atoms with E-state index in [0.29, 0.717) is 17.3 Å². The highest BCUT2D eigenvalue weighted by molar-refractivity contribution is 6.30. The van der Waals surface area contributed by atoms with Crippen LogP contribution >= 0.6 is 11.6 Å². The Morgan fingerprint density at radius 1 is 1.16 bits per heavy atom. The van der Waals surface area contributed by atoms with Crippen LogP contribution in [0.2, 0.25) is 5.02 Å². The van der Waals surface area contributed by atoms with Gasteiger partial charge in [0, 0.05) is 6.20 Å². The van der Waals surface area contributed by atoms with E-state index in [2.05, 4.69) is 5.10 Å². The van der Waals surface area contributed by atoms with Crippen LogP contribution in [-0.4, -0.2) is 33.8 Å². The minimum absolute atomic E-state index is 0.0918. The number of fused-ring (bicyclic) bond motifs is 5. The number of amides is 2. The maximum absolute atomic E-state index is 12.9. The number of hydrogen-bond acceptors (Lipinski definition) is 4. The third kappa shape index (κ3) is 2.24. The Morgan fingerprint density at radius 2 is 1.88 bits per heavy atom. The van der Waals surface area contributed by atoms with Crippen LogP contribution in [0.15, 0.2) is 36.7 Å². The van der Waals surface area contributed by atoms with Gasteiger partial charge in [0.15, 0.2) is 0 Å². The maximum atomic E-state index is 12.9. The first-order valence-electron chi connectivity index (χ1n) is 8.42. The molecule has 5 rings (SSSR count). The van der Waals surface area contributed by atoms with Gasteiger partial charge in [0.1, 0.15) is 0 Å². The fourth-order valence-corrected chi connectivity index (χ4v) is 4.53. The van der Waals surface area contributed by atoms with E-state index >= 15 is 0 Å². The van der Waals surface area contributed by atoms with Crippen molar-refractivity contribution in [3.8, 4) is 0 Å². The minimum atomic E-state index is -0.306. The first kappa shape index (κ1) is 15.1. The van der Waals surface area contributed by atoms with Crippen molar-refractivity contribution in [2.75, 3.05) is 4.90 Å². The van der Waals surface area contributed by atoms with Crippen LogP contribution in [0.3, 0.4) is 0 Å². The number of benzene rings is 1. The summed E-state index contributed by atoms with van der Waals surface area (Å²) < 4.78 is 7.50. The fraction of sp³-hybridized carbons (Fsp3) is 0.389. The number of anilines is 1. The van der Waals surface area contributed by atoms with Crippen molar-refractivity contribution < 1.29 is 14.3 Å². The summed E-state index contributed by atoms with van der Waals surface area (Å²) in [7, 11) is 0. The van der Waals surface area contributed by atoms with Gasteiger partial charge in [0.05, 0.1) is 47.5 Å². The number of rotatable bonds is 3. The summed E-state index contributed by atoms with van der Waals surface area (Å²) in [5, 5.41) is 4.74. The minimum Gasteiger partial charge on any atom is -0.373 e. The van der Waals surface area contributed by atoms with Crippen molar-refractivity contribution in [1.82, 2.24) is 9.78 Å². The summed E-state index contributed by atoms with van der Waals surface area (Å²) in [6, 6.07) is 7.47. The maximum Gasteiger partial charge on any atom is 0.240 e. The normalized spacial score (nSPS) is 30.4. The van der Waals surface area contributed by atoms with Gasteiger partial charge in [-0.25, -0.2) is 4.90 Å². The van der Waals surface area contributed by atoms with Gasteiger partial charge in [0.2, 0.25) is 11.8 Å². The molecule has 3 saturated heterocycles. The summed E-state index contributed by atoms with van der Waals surface area (Å²) in [5.41, 5.74) is 1.58. The van der Waals surface area contributed by atoms with Gasteiger partial charge in [-0.05, 0) is 30.5 Å². The van der Waals surface area contributed by atoms with Gasteiger partial charge in [-0.3, -0.25) is 14.3 Å². The Balaban J connectivity index is 1.44. The summed E-state index contributed by atoms with van der Waals surface area (Å²) in [5.74, 6) is -0.859. The lowest BCUT2D eigenvalue weighted by Crippen LogP contribution is -2.34. The predicted molar refractivity (Wildman–Crippen MR) is 90.1 cm³/mol. The molecule has 1 aromatic carbocycles. The first-order chi connectivity index (χ1) is 12.1. The van der Waals surface area contributed by atoms with E-state index in [1.807, 2.05) is 18.2 Å². The van der Waals surface area contributed by atoms with Gasteiger partial charge < -0.3 is 4.74 Å². The van der Waals surface area contributed by atoms with Crippen molar-refractivity contribution in [3.63, 3.8) is 0 Å². The highest BCUT2D eigenvalue weighted by Crippen LogP contribution is 2.49. The molecule has 2 bridgehead atoms. The second kappa shape index (κ2) is 5.41. The molecule has 2 aromatic rings. The highest BCUT2D eigenvalue weighted by atomic mass is 35.5. The predicted octanol–water partition coefficient (Wildman–Crippen LogP) is 2.25. The van der Waals surface area contributed by atoms with Crippen LogP contribution in [0.25, 0.3) is 0 Å². The monoisotopic (exact) mass is 357 g/mol. The molecule has 3 aliphatic heterocycles. The largest absolute Gasteiger partial charge is 0.373 e. The fourth-order valence-electron chi connectivity index (χ4n) is 4.37. The molecule has 0 N–H and O–H groups in total. The van der Waals surface area contributed by atoms with E-state index in [0.717, 1.165) is 18.4 Å². The van der Waals surface area contributed by atoms with Crippen LogP contribution in [0, 0.1) is 11.8 Å². The van der Waals surface area contributed by atoms with Gasteiger partial charge in [0.25, 0.3) is 0 Å². The SMILES string of the molecule is O=C1[C@@H]2[C@@H](C(=O)N1c1cccc(Cn3cc(Cl)cn3)c1)[C@H]1CC[C@H]2O1. The molecule has 0 spiro atoms. The lowest BCUT2D eigenvalue weighted by atomic mass is 9.81. The number of halogens is 1. The molecule has 4 atom stereocenters. The van der Waals surface area contributed by atoms with Crippen molar-refractivity contribution in [2.45, 2.75) is 31.6 Å². The molecular formula is C18H16ClN3O3. The molecule has 3 fully saturated rings. The average Bonchev–Trinajstić information content (AvgIpc) is 3.34. The summed E-state index contributed by atoms with van der Waals surface area (Å²) in [6.07, 6.45) is 4.88. The third-order valence-corrected chi connectivity index (χ3v) is 5.59. The molecule has 4 heterocycles. The number of carbonyl (C=O) groups is 2. The molecule has 0 unspecified atom stereocenters. The molecule has 0 saturated carbocycles. The zero-order valence-electron chi connectivity index (χ0n) is 13.3. The molecule has 7 heteroatoms. The number of imide groups is 1. The molecule has 0 radical (unpaired) electrons. The molecular weight excluding hydrogens is 342 g/mol. The average molecular weight is 358 g/mol. The molecule has 0 aliphatic carbocycles. The van der Waals surface area contributed by atoms with Crippen LogP contribution in [0.1, 0.15) is 18.4 Å². The molecule has 3 aliphatic rings. The topological polar surface area (TPSA) is 64.4 Å². The van der Waals surface area contributed by atoms with Crippen LogP contribution in [-0.2, 0) is 20.9 Å². The van der Waals surface area contributed by atoms with E-state index in [9.17, 15) is 9.59 Å². The number of nitrogens with zero attached hydrogens (tertiary/aromatic N) is 3. The summed E-state index contributed by atoms with van der Waals surface area (Å²) in [6.45, 7) is 0.526. The van der Waals surface area contributed by atoms with E-state index in [1.54, 1.807) is 23.1 Å². The van der Waals surface area contributed by atoms with E-state index in [1.165, 1.54) is 4.90 Å². The van der Waals surface area contributed by atoms with Gasteiger partial charge in [-0.15, -0.1) is 0 Å². The Bertz CT molecular complexity index is 852. The van der Waals surface area contributed by atoms with Crippen molar-refractivity contribution in [1.29, 1.82) is 0 Å². The zero-order chi connectivity index (χ0) is 17.1. The second-order valence-electron chi connectivity index (χ2n) is 6.88. The lowest BCUT2D eigenvalue weighted by molar-refractivity contribution is -0.124. The summed E-state index contributed by atoms with van der Waals surface area (Å²) >= 11 is 5.89. The summed E-state index contributed by atoms with van der Waals surface area (Å²) in [4.78, 5) is 27.1. The smallest absolute Gasteiger partial charge is 0.240 e. The quantitative estimate of drug-likeness (QED) is 0.790. The highest BCUT2D eigenvalue weighted by Gasteiger charge is 2.62. The second-order valence-corrected chi connectivity index (χ2v) is 7.32. The van der Waals surface area contributed by atoms with Crippen molar-refractivity contribution >= 4 is 29.1 Å². The third-order valence-electron chi connectivity index (χ3n) is 5.40. The Morgan fingerprint density at radius 3 is 2.52 bits per heavy atom. The number of ether oxygens (including phenoxy) is 1. The van der Waals surface area contributed by atoms with Crippen LogP contribution in [0.5, 0.6) is 0 Å². The van der Waals surface area contributed by atoms with Crippen LogP contribution < -0.4 is 4.90 Å². The zero-order valence-corrected chi connectivity index (χ0v) is 14.1. The number of aromatic nitrogens is 2. The Kier molecular flexibility index (Phi) is 3.27. The van der Waals surface area contributed by atoms with E-state index in [4.69, 9.17) is 16.3 Å².